The van der Waals surface area contributed by atoms with Gasteiger partial charge in [-0.3, -0.25) is 0 Å². The molecule has 1 aliphatic rings. The van der Waals surface area contributed by atoms with E-state index in [1.54, 1.807) is 0 Å². The van der Waals surface area contributed by atoms with E-state index >= 15 is 0 Å². The number of aromatic nitrogens is 2. The van der Waals surface area contributed by atoms with E-state index in [9.17, 15) is 0 Å². The van der Waals surface area contributed by atoms with Gasteiger partial charge in [0.25, 0.3) is 0 Å². The summed E-state index contributed by atoms with van der Waals surface area (Å²) in [6, 6.07) is 6.20. The summed E-state index contributed by atoms with van der Waals surface area (Å²) in [5.41, 5.74) is 3.35. The summed E-state index contributed by atoms with van der Waals surface area (Å²) in [6.07, 6.45) is 2.41. The summed E-state index contributed by atoms with van der Waals surface area (Å²) in [5, 5.41) is 3.49. The summed E-state index contributed by atoms with van der Waals surface area (Å²) >= 11 is 0. The Morgan fingerprint density at radius 1 is 1.50 bits per heavy atom. The minimum absolute atomic E-state index is 0.482. The van der Waals surface area contributed by atoms with Crippen molar-refractivity contribution in [1.29, 1.82) is 0 Å². The second kappa shape index (κ2) is 6.53. The summed E-state index contributed by atoms with van der Waals surface area (Å²) < 4.78 is 7.93. The van der Waals surface area contributed by atoms with Gasteiger partial charge >= 0.3 is 0 Å². The maximum absolute atomic E-state index is 5.61. The highest BCUT2D eigenvalue weighted by molar-refractivity contribution is 5.78. The summed E-state index contributed by atoms with van der Waals surface area (Å²) in [5.74, 6) is 2.55. The van der Waals surface area contributed by atoms with Crippen LogP contribution in [-0.2, 0) is 6.54 Å². The maximum atomic E-state index is 5.61. The lowest BCUT2D eigenvalue weighted by molar-refractivity contribution is 0.340. The van der Waals surface area contributed by atoms with Crippen molar-refractivity contribution in [3.05, 3.63) is 36.2 Å². The lowest BCUT2D eigenvalue weighted by Gasteiger charge is -2.23. The average molecular weight is 299 g/mol. The van der Waals surface area contributed by atoms with Crippen LogP contribution in [0.2, 0.25) is 0 Å². The number of hydrogen-bond donors (Lipinski definition) is 1. The number of piperidine rings is 1. The van der Waals surface area contributed by atoms with E-state index in [4.69, 9.17) is 9.72 Å². The van der Waals surface area contributed by atoms with Crippen LogP contribution < -0.4 is 10.1 Å². The average Bonchev–Trinajstić information content (AvgIpc) is 2.86. The van der Waals surface area contributed by atoms with E-state index in [0.717, 1.165) is 36.5 Å². The molecule has 1 aromatic heterocycles. The number of hydrogen-bond acceptors (Lipinski definition) is 3. The van der Waals surface area contributed by atoms with Gasteiger partial charge in [0.2, 0.25) is 0 Å². The van der Waals surface area contributed by atoms with Crippen LogP contribution in [0.5, 0.6) is 5.75 Å². The normalized spacial score (nSPS) is 18.5. The van der Waals surface area contributed by atoms with Crippen LogP contribution in [0.15, 0.2) is 30.4 Å². The van der Waals surface area contributed by atoms with E-state index in [1.165, 1.54) is 24.2 Å². The molecule has 0 amide bonds. The molecule has 0 bridgehead atoms. The first kappa shape index (κ1) is 15.1. The molecule has 118 valence electrons. The standard InChI is InChI=1S/C18H25N3O/c1-4-22-15-7-8-17-16(10-15)20-18(21(17)12-13(2)3)14-6-5-9-19-11-14/h7-8,10,14,19H,2,4-6,9,11-12H2,1,3H3. The highest BCUT2D eigenvalue weighted by Gasteiger charge is 2.22. The third kappa shape index (κ3) is 3.02. The predicted octanol–water partition coefficient (Wildman–Crippen LogP) is 3.48. The molecule has 4 heteroatoms. The lowest BCUT2D eigenvalue weighted by Crippen LogP contribution is -2.30. The first-order valence-electron chi connectivity index (χ1n) is 8.17. The number of imidazole rings is 1. The number of fused-ring (bicyclic) bond motifs is 1. The van der Waals surface area contributed by atoms with Gasteiger partial charge in [0.1, 0.15) is 11.6 Å². The van der Waals surface area contributed by atoms with Crippen molar-refractivity contribution in [3.63, 3.8) is 0 Å². The van der Waals surface area contributed by atoms with E-state index in [2.05, 4.69) is 29.5 Å². The highest BCUT2D eigenvalue weighted by Crippen LogP contribution is 2.29. The zero-order chi connectivity index (χ0) is 15.5. The van der Waals surface area contributed by atoms with Crippen LogP contribution in [0.4, 0.5) is 0 Å². The zero-order valence-corrected chi connectivity index (χ0v) is 13.6. The molecule has 3 rings (SSSR count). The van der Waals surface area contributed by atoms with Gasteiger partial charge in [-0.15, -0.1) is 0 Å². The van der Waals surface area contributed by atoms with Crippen LogP contribution in [-0.4, -0.2) is 29.2 Å². The van der Waals surface area contributed by atoms with Crippen LogP contribution in [0, 0.1) is 0 Å². The lowest BCUT2D eigenvalue weighted by atomic mass is 9.99. The fourth-order valence-corrected chi connectivity index (χ4v) is 3.20. The van der Waals surface area contributed by atoms with Gasteiger partial charge in [-0.25, -0.2) is 4.98 Å². The van der Waals surface area contributed by atoms with Crippen molar-refractivity contribution >= 4 is 11.0 Å². The molecule has 22 heavy (non-hydrogen) atoms. The Bertz CT molecular complexity index is 668. The molecule has 4 nitrogen and oxygen atoms in total. The Balaban J connectivity index is 2.05. The molecular weight excluding hydrogens is 274 g/mol. The Morgan fingerprint density at radius 3 is 3.05 bits per heavy atom. The summed E-state index contributed by atoms with van der Waals surface area (Å²) in [4.78, 5) is 4.93. The van der Waals surface area contributed by atoms with Crippen molar-refractivity contribution in [2.75, 3.05) is 19.7 Å². The minimum Gasteiger partial charge on any atom is -0.494 e. The fraction of sp³-hybridized carbons (Fsp3) is 0.500. The Labute approximate surface area is 132 Å². The number of benzene rings is 1. The van der Waals surface area contributed by atoms with E-state index in [-0.39, 0.29) is 0 Å². The Morgan fingerprint density at radius 2 is 2.36 bits per heavy atom. The van der Waals surface area contributed by atoms with E-state index in [1.807, 2.05) is 19.1 Å². The molecule has 1 aromatic carbocycles. The SMILES string of the molecule is C=C(C)Cn1c(C2CCCNC2)nc2cc(OCC)ccc21. The van der Waals surface area contributed by atoms with Crippen molar-refractivity contribution in [1.82, 2.24) is 14.9 Å². The van der Waals surface area contributed by atoms with Gasteiger partial charge in [-0.2, -0.15) is 0 Å². The molecule has 2 aromatic rings. The van der Waals surface area contributed by atoms with E-state index < -0.39 is 0 Å². The number of nitrogens with one attached hydrogen (secondary N) is 1. The topological polar surface area (TPSA) is 39.1 Å². The molecular formula is C18H25N3O. The second-order valence-electron chi connectivity index (χ2n) is 6.14. The molecule has 1 fully saturated rings. The number of rotatable bonds is 5. The molecule has 1 unspecified atom stereocenters. The predicted molar refractivity (Wildman–Crippen MR) is 90.6 cm³/mol. The number of ether oxygens (including phenoxy) is 1. The molecule has 0 saturated carbocycles. The zero-order valence-electron chi connectivity index (χ0n) is 13.6. The molecule has 1 saturated heterocycles. The Hall–Kier alpha value is -1.81. The number of allylic oxidation sites excluding steroid dienone is 1. The largest absolute Gasteiger partial charge is 0.494 e. The minimum atomic E-state index is 0.482. The molecule has 0 spiro atoms. The molecule has 1 N–H and O–H groups in total. The van der Waals surface area contributed by atoms with Gasteiger partial charge in [-0.05, 0) is 45.4 Å². The van der Waals surface area contributed by atoms with Crippen molar-refractivity contribution in [2.45, 2.75) is 39.2 Å². The van der Waals surface area contributed by atoms with Gasteiger partial charge in [0.05, 0.1) is 17.6 Å². The van der Waals surface area contributed by atoms with Crippen molar-refractivity contribution in [3.8, 4) is 5.75 Å². The third-order valence-electron chi connectivity index (χ3n) is 4.15. The van der Waals surface area contributed by atoms with Crippen LogP contribution >= 0.6 is 0 Å². The highest BCUT2D eigenvalue weighted by atomic mass is 16.5. The monoisotopic (exact) mass is 299 g/mol. The molecule has 0 aliphatic carbocycles. The van der Waals surface area contributed by atoms with Crippen LogP contribution in [0.25, 0.3) is 11.0 Å². The Kier molecular flexibility index (Phi) is 4.48. The smallest absolute Gasteiger partial charge is 0.121 e. The third-order valence-corrected chi connectivity index (χ3v) is 4.15. The summed E-state index contributed by atoms with van der Waals surface area (Å²) in [7, 11) is 0. The maximum Gasteiger partial charge on any atom is 0.121 e. The quantitative estimate of drug-likeness (QED) is 0.859. The molecule has 1 aliphatic heterocycles. The van der Waals surface area contributed by atoms with Gasteiger partial charge in [0.15, 0.2) is 0 Å². The van der Waals surface area contributed by atoms with Gasteiger partial charge < -0.3 is 14.6 Å². The molecule has 1 atom stereocenters. The number of nitrogens with zero attached hydrogens (tertiary/aromatic N) is 2. The van der Waals surface area contributed by atoms with Crippen molar-refractivity contribution < 1.29 is 4.74 Å². The first-order chi connectivity index (χ1) is 10.7. The van der Waals surface area contributed by atoms with Crippen LogP contribution in [0.3, 0.4) is 0 Å². The molecule has 0 radical (unpaired) electrons. The van der Waals surface area contributed by atoms with Crippen LogP contribution in [0.1, 0.15) is 38.4 Å². The van der Waals surface area contributed by atoms with Gasteiger partial charge in [0, 0.05) is 25.1 Å². The van der Waals surface area contributed by atoms with Crippen molar-refractivity contribution in [2.24, 2.45) is 0 Å². The summed E-state index contributed by atoms with van der Waals surface area (Å²) in [6.45, 7) is 11.8. The second-order valence-corrected chi connectivity index (χ2v) is 6.14. The van der Waals surface area contributed by atoms with Gasteiger partial charge in [-0.1, -0.05) is 12.2 Å². The molecule has 2 heterocycles. The fourth-order valence-electron chi connectivity index (χ4n) is 3.20. The first-order valence-corrected chi connectivity index (χ1v) is 8.17. The van der Waals surface area contributed by atoms with E-state index in [0.29, 0.717) is 12.5 Å².